The fourth-order valence-corrected chi connectivity index (χ4v) is 4.39. The van der Waals surface area contributed by atoms with Gasteiger partial charge in [0.25, 0.3) is 0 Å². The normalized spacial score (nSPS) is 21.0. The van der Waals surface area contributed by atoms with E-state index in [1.807, 2.05) is 24.3 Å². The molecule has 1 aliphatic rings. The molecule has 5 heteroatoms. The zero-order chi connectivity index (χ0) is 14.6. The summed E-state index contributed by atoms with van der Waals surface area (Å²) in [6.45, 7) is 3.91. The molecule has 1 heterocycles. The van der Waals surface area contributed by atoms with Crippen molar-refractivity contribution in [2.24, 2.45) is 11.7 Å². The SMILES string of the molecule is CCC1CCCN(S(=O)(=O)Cc2cccc(CN)c2)C1. The Kier molecular flexibility index (Phi) is 5.18. The van der Waals surface area contributed by atoms with Gasteiger partial charge in [-0.05, 0) is 29.9 Å². The van der Waals surface area contributed by atoms with Gasteiger partial charge in [-0.1, -0.05) is 37.6 Å². The van der Waals surface area contributed by atoms with E-state index in [1.54, 1.807) is 4.31 Å². The van der Waals surface area contributed by atoms with E-state index < -0.39 is 10.0 Å². The Morgan fingerprint density at radius 3 is 2.80 bits per heavy atom. The lowest BCUT2D eigenvalue weighted by molar-refractivity contribution is 0.261. The van der Waals surface area contributed by atoms with E-state index in [2.05, 4.69) is 6.92 Å². The van der Waals surface area contributed by atoms with Gasteiger partial charge in [-0.3, -0.25) is 0 Å². The fraction of sp³-hybridized carbons (Fsp3) is 0.600. The lowest BCUT2D eigenvalue weighted by atomic mass is 9.97. The van der Waals surface area contributed by atoms with E-state index in [0.29, 0.717) is 25.6 Å². The van der Waals surface area contributed by atoms with Gasteiger partial charge in [-0.25, -0.2) is 12.7 Å². The quantitative estimate of drug-likeness (QED) is 0.905. The molecule has 1 aliphatic heterocycles. The highest BCUT2D eigenvalue weighted by Gasteiger charge is 2.28. The van der Waals surface area contributed by atoms with Crippen LogP contribution in [0.2, 0.25) is 0 Å². The molecule has 0 aromatic heterocycles. The van der Waals surface area contributed by atoms with Crippen LogP contribution in [0, 0.1) is 5.92 Å². The third-order valence-electron chi connectivity index (χ3n) is 4.03. The zero-order valence-corrected chi connectivity index (χ0v) is 12.9. The van der Waals surface area contributed by atoms with E-state index in [1.165, 1.54) is 0 Å². The first-order valence-electron chi connectivity index (χ1n) is 7.31. The molecule has 20 heavy (non-hydrogen) atoms. The summed E-state index contributed by atoms with van der Waals surface area (Å²) in [6, 6.07) is 7.54. The van der Waals surface area contributed by atoms with Crippen LogP contribution < -0.4 is 5.73 Å². The summed E-state index contributed by atoms with van der Waals surface area (Å²) in [5.41, 5.74) is 7.40. The lowest BCUT2D eigenvalue weighted by Crippen LogP contribution is -2.40. The van der Waals surface area contributed by atoms with Crippen molar-refractivity contribution in [2.75, 3.05) is 13.1 Å². The van der Waals surface area contributed by atoms with Crippen molar-refractivity contribution in [3.8, 4) is 0 Å². The number of nitrogens with zero attached hydrogens (tertiary/aromatic N) is 1. The first-order chi connectivity index (χ1) is 9.55. The van der Waals surface area contributed by atoms with Crippen LogP contribution in [0.5, 0.6) is 0 Å². The van der Waals surface area contributed by atoms with Crippen molar-refractivity contribution in [2.45, 2.75) is 38.5 Å². The van der Waals surface area contributed by atoms with Crippen LogP contribution in [-0.4, -0.2) is 25.8 Å². The molecular weight excluding hydrogens is 272 g/mol. The Bertz CT molecular complexity index is 543. The molecule has 1 unspecified atom stereocenters. The summed E-state index contributed by atoms with van der Waals surface area (Å²) < 4.78 is 26.7. The maximum atomic E-state index is 12.5. The molecule has 2 rings (SSSR count). The van der Waals surface area contributed by atoms with Gasteiger partial charge in [0.15, 0.2) is 0 Å². The van der Waals surface area contributed by atoms with Crippen LogP contribution in [0.3, 0.4) is 0 Å². The largest absolute Gasteiger partial charge is 0.326 e. The highest BCUT2D eigenvalue weighted by atomic mass is 32.2. The highest BCUT2D eigenvalue weighted by molar-refractivity contribution is 7.88. The molecule has 2 N–H and O–H groups in total. The molecule has 1 aromatic rings. The van der Waals surface area contributed by atoms with Crippen LogP contribution in [0.25, 0.3) is 0 Å². The van der Waals surface area contributed by atoms with Crippen molar-refractivity contribution in [3.63, 3.8) is 0 Å². The Labute approximate surface area is 122 Å². The monoisotopic (exact) mass is 296 g/mol. The average molecular weight is 296 g/mol. The highest BCUT2D eigenvalue weighted by Crippen LogP contribution is 2.23. The molecule has 0 radical (unpaired) electrons. The molecule has 0 bridgehead atoms. The molecule has 0 spiro atoms. The molecule has 1 fully saturated rings. The third kappa shape index (κ3) is 3.81. The van der Waals surface area contributed by atoms with E-state index >= 15 is 0 Å². The number of piperidine rings is 1. The topological polar surface area (TPSA) is 63.4 Å². The van der Waals surface area contributed by atoms with Crippen LogP contribution in [-0.2, 0) is 22.3 Å². The van der Waals surface area contributed by atoms with Crippen LogP contribution in [0.1, 0.15) is 37.3 Å². The van der Waals surface area contributed by atoms with E-state index in [4.69, 9.17) is 5.73 Å². The molecule has 0 saturated carbocycles. The predicted octanol–water partition coefficient (Wildman–Crippen LogP) is 2.10. The maximum absolute atomic E-state index is 12.5. The predicted molar refractivity (Wildman–Crippen MR) is 81.5 cm³/mol. The molecule has 1 saturated heterocycles. The first-order valence-corrected chi connectivity index (χ1v) is 8.91. The van der Waals surface area contributed by atoms with Gasteiger partial charge in [0.05, 0.1) is 5.75 Å². The molecule has 0 amide bonds. The summed E-state index contributed by atoms with van der Waals surface area (Å²) in [5, 5.41) is 0. The Hall–Kier alpha value is -0.910. The molecule has 1 atom stereocenters. The van der Waals surface area contributed by atoms with Gasteiger partial charge in [0.2, 0.25) is 10.0 Å². The second-order valence-electron chi connectivity index (χ2n) is 5.55. The molecular formula is C15H24N2O2S. The summed E-state index contributed by atoms with van der Waals surface area (Å²) in [6.07, 6.45) is 3.17. The van der Waals surface area contributed by atoms with Crippen molar-refractivity contribution in [1.29, 1.82) is 0 Å². The van der Waals surface area contributed by atoms with Gasteiger partial charge in [-0.15, -0.1) is 0 Å². The van der Waals surface area contributed by atoms with Gasteiger partial charge in [0.1, 0.15) is 0 Å². The number of sulfonamides is 1. The minimum Gasteiger partial charge on any atom is -0.326 e. The second kappa shape index (κ2) is 6.70. The lowest BCUT2D eigenvalue weighted by Gasteiger charge is -2.31. The van der Waals surface area contributed by atoms with E-state index in [-0.39, 0.29) is 5.75 Å². The van der Waals surface area contributed by atoms with Gasteiger partial charge < -0.3 is 5.73 Å². The molecule has 0 aliphatic carbocycles. The van der Waals surface area contributed by atoms with Gasteiger partial charge >= 0.3 is 0 Å². The summed E-state index contributed by atoms with van der Waals surface area (Å²) in [5.74, 6) is 0.589. The third-order valence-corrected chi connectivity index (χ3v) is 5.85. The maximum Gasteiger partial charge on any atom is 0.218 e. The van der Waals surface area contributed by atoms with Crippen molar-refractivity contribution >= 4 is 10.0 Å². The minimum absolute atomic E-state index is 0.0806. The summed E-state index contributed by atoms with van der Waals surface area (Å²) in [7, 11) is -3.21. The number of nitrogens with two attached hydrogens (primary N) is 1. The van der Waals surface area contributed by atoms with E-state index in [0.717, 1.165) is 30.4 Å². The van der Waals surface area contributed by atoms with Crippen LogP contribution >= 0.6 is 0 Å². The van der Waals surface area contributed by atoms with Gasteiger partial charge in [0, 0.05) is 19.6 Å². The van der Waals surface area contributed by atoms with Crippen LogP contribution in [0.4, 0.5) is 0 Å². The van der Waals surface area contributed by atoms with Crippen molar-refractivity contribution in [1.82, 2.24) is 4.31 Å². The molecule has 112 valence electrons. The Morgan fingerprint density at radius 2 is 2.10 bits per heavy atom. The second-order valence-corrected chi connectivity index (χ2v) is 7.52. The fourth-order valence-electron chi connectivity index (χ4n) is 2.76. The Morgan fingerprint density at radius 1 is 1.35 bits per heavy atom. The number of hydrogen-bond donors (Lipinski definition) is 1. The summed E-state index contributed by atoms with van der Waals surface area (Å²) in [4.78, 5) is 0. The van der Waals surface area contributed by atoms with Gasteiger partial charge in [-0.2, -0.15) is 0 Å². The standard InChI is InChI=1S/C15H24N2O2S/c1-2-13-7-4-8-17(11-13)20(18,19)12-15-6-3-5-14(9-15)10-16/h3,5-6,9,13H,2,4,7-8,10-12,16H2,1H3. The zero-order valence-electron chi connectivity index (χ0n) is 12.1. The molecule has 1 aromatic carbocycles. The number of rotatable bonds is 5. The van der Waals surface area contributed by atoms with Crippen LogP contribution in [0.15, 0.2) is 24.3 Å². The summed E-state index contributed by atoms with van der Waals surface area (Å²) >= 11 is 0. The number of hydrogen-bond acceptors (Lipinski definition) is 3. The average Bonchev–Trinajstić information content (AvgIpc) is 2.47. The van der Waals surface area contributed by atoms with Crippen molar-refractivity contribution < 1.29 is 8.42 Å². The van der Waals surface area contributed by atoms with Crippen molar-refractivity contribution in [3.05, 3.63) is 35.4 Å². The minimum atomic E-state index is -3.21. The smallest absolute Gasteiger partial charge is 0.218 e. The Balaban J connectivity index is 2.10. The number of benzene rings is 1. The van der Waals surface area contributed by atoms with E-state index in [9.17, 15) is 8.42 Å². The molecule has 4 nitrogen and oxygen atoms in total. The first kappa shape index (κ1) is 15.5.